The molecule has 88 valence electrons. The molecule has 1 aliphatic heterocycles. The van der Waals surface area contributed by atoms with Crippen LogP contribution in [0.2, 0.25) is 0 Å². The quantitative estimate of drug-likeness (QED) is 0.840. The lowest BCUT2D eigenvalue weighted by Crippen LogP contribution is -2.52. The number of rotatable bonds is 3. The molecule has 1 aromatic rings. The minimum Gasteiger partial charge on any atom is -0.330 e. The summed E-state index contributed by atoms with van der Waals surface area (Å²) in [6.07, 6.45) is 0. The van der Waals surface area contributed by atoms with Crippen molar-refractivity contribution < 1.29 is 8.42 Å². The smallest absolute Gasteiger partial charge is 0.243 e. The average molecular weight is 240 g/mol. The van der Waals surface area contributed by atoms with Crippen LogP contribution in [0.15, 0.2) is 29.2 Å². The number of sulfonamides is 1. The maximum atomic E-state index is 12.1. The molecule has 4 nitrogen and oxygen atoms in total. The first kappa shape index (κ1) is 11.6. The van der Waals surface area contributed by atoms with Gasteiger partial charge in [0.2, 0.25) is 10.0 Å². The van der Waals surface area contributed by atoms with E-state index < -0.39 is 10.0 Å². The van der Waals surface area contributed by atoms with E-state index in [2.05, 4.69) is 0 Å². The molecule has 1 saturated heterocycles. The van der Waals surface area contributed by atoms with E-state index in [1.54, 1.807) is 18.2 Å². The zero-order valence-corrected chi connectivity index (χ0v) is 10.1. The van der Waals surface area contributed by atoms with Crippen LogP contribution in [0.1, 0.15) is 5.56 Å². The number of benzene rings is 1. The van der Waals surface area contributed by atoms with Crippen LogP contribution < -0.4 is 5.73 Å². The van der Waals surface area contributed by atoms with Gasteiger partial charge < -0.3 is 5.73 Å². The monoisotopic (exact) mass is 240 g/mol. The summed E-state index contributed by atoms with van der Waals surface area (Å²) in [5.74, 6) is 0.319. The summed E-state index contributed by atoms with van der Waals surface area (Å²) in [7, 11) is -3.29. The molecule has 0 aromatic heterocycles. The Bertz CT molecular complexity index is 479. The van der Waals surface area contributed by atoms with E-state index in [-0.39, 0.29) is 0 Å². The minimum atomic E-state index is -3.29. The second-order valence-electron chi connectivity index (χ2n) is 4.24. The van der Waals surface area contributed by atoms with Crippen LogP contribution in [0.4, 0.5) is 0 Å². The van der Waals surface area contributed by atoms with Gasteiger partial charge in [0.25, 0.3) is 0 Å². The van der Waals surface area contributed by atoms with Gasteiger partial charge in [-0.3, -0.25) is 0 Å². The first-order chi connectivity index (χ1) is 7.54. The Kier molecular flexibility index (Phi) is 3.01. The van der Waals surface area contributed by atoms with Crippen molar-refractivity contribution in [2.45, 2.75) is 11.8 Å². The number of nitrogens with two attached hydrogens (primary N) is 1. The highest BCUT2D eigenvalue weighted by Gasteiger charge is 2.35. The van der Waals surface area contributed by atoms with Gasteiger partial charge in [0.15, 0.2) is 0 Å². The van der Waals surface area contributed by atoms with Gasteiger partial charge in [-0.25, -0.2) is 8.42 Å². The molecule has 1 aromatic carbocycles. The lowest BCUT2D eigenvalue weighted by molar-refractivity contribution is 0.207. The Labute approximate surface area is 96.1 Å². The third-order valence-electron chi connectivity index (χ3n) is 2.88. The van der Waals surface area contributed by atoms with Gasteiger partial charge in [-0.15, -0.1) is 0 Å². The summed E-state index contributed by atoms with van der Waals surface area (Å²) in [5.41, 5.74) is 6.44. The van der Waals surface area contributed by atoms with Gasteiger partial charge in [0, 0.05) is 13.1 Å². The lowest BCUT2D eigenvalue weighted by Gasteiger charge is -2.37. The second kappa shape index (κ2) is 4.16. The lowest BCUT2D eigenvalue weighted by atomic mass is 10.0. The SMILES string of the molecule is Cc1cccc(S(=O)(=O)N2CC(CN)C2)c1. The molecule has 0 aliphatic carbocycles. The summed E-state index contributed by atoms with van der Waals surface area (Å²) in [6.45, 7) is 3.54. The second-order valence-corrected chi connectivity index (χ2v) is 6.18. The molecule has 1 aliphatic rings. The van der Waals surface area contributed by atoms with Crippen molar-refractivity contribution in [3.63, 3.8) is 0 Å². The van der Waals surface area contributed by atoms with Crippen molar-refractivity contribution in [1.82, 2.24) is 4.31 Å². The topological polar surface area (TPSA) is 63.4 Å². The van der Waals surface area contributed by atoms with E-state index in [4.69, 9.17) is 5.73 Å². The van der Waals surface area contributed by atoms with Crippen LogP contribution in [0.25, 0.3) is 0 Å². The van der Waals surface area contributed by atoms with E-state index in [1.807, 2.05) is 13.0 Å². The fourth-order valence-corrected chi connectivity index (χ4v) is 3.49. The van der Waals surface area contributed by atoms with Crippen molar-refractivity contribution in [2.24, 2.45) is 11.7 Å². The van der Waals surface area contributed by atoms with Crippen molar-refractivity contribution in [2.75, 3.05) is 19.6 Å². The molecular weight excluding hydrogens is 224 g/mol. The molecule has 2 N–H and O–H groups in total. The molecule has 0 saturated carbocycles. The number of aryl methyl sites for hydroxylation is 1. The Hall–Kier alpha value is -0.910. The van der Waals surface area contributed by atoms with Gasteiger partial charge in [-0.2, -0.15) is 4.31 Å². The molecule has 0 radical (unpaired) electrons. The Morgan fingerprint density at radius 2 is 2.12 bits per heavy atom. The van der Waals surface area contributed by atoms with E-state index in [0.717, 1.165) is 5.56 Å². The number of hydrogen-bond acceptors (Lipinski definition) is 3. The van der Waals surface area contributed by atoms with Crippen LogP contribution in [0.3, 0.4) is 0 Å². The molecular formula is C11H16N2O2S. The zero-order valence-electron chi connectivity index (χ0n) is 9.26. The summed E-state index contributed by atoms with van der Waals surface area (Å²) in [6, 6.07) is 6.99. The van der Waals surface area contributed by atoms with Crippen molar-refractivity contribution in [3.8, 4) is 0 Å². The van der Waals surface area contributed by atoms with Gasteiger partial charge >= 0.3 is 0 Å². The van der Waals surface area contributed by atoms with Gasteiger partial charge in [-0.05, 0) is 37.1 Å². The first-order valence-electron chi connectivity index (χ1n) is 5.31. The molecule has 1 heterocycles. The van der Waals surface area contributed by atoms with Crippen LogP contribution >= 0.6 is 0 Å². The highest BCUT2D eigenvalue weighted by atomic mass is 32.2. The highest BCUT2D eigenvalue weighted by Crippen LogP contribution is 2.24. The van der Waals surface area contributed by atoms with Crippen LogP contribution in [-0.2, 0) is 10.0 Å². The molecule has 0 bridgehead atoms. The maximum Gasteiger partial charge on any atom is 0.243 e. The van der Waals surface area contributed by atoms with Gasteiger partial charge in [0.1, 0.15) is 0 Å². The van der Waals surface area contributed by atoms with E-state index >= 15 is 0 Å². The van der Waals surface area contributed by atoms with E-state index in [9.17, 15) is 8.42 Å². The molecule has 0 spiro atoms. The fourth-order valence-electron chi connectivity index (χ4n) is 1.79. The van der Waals surface area contributed by atoms with E-state index in [0.29, 0.717) is 30.4 Å². The predicted molar refractivity (Wildman–Crippen MR) is 62.5 cm³/mol. The zero-order chi connectivity index (χ0) is 11.8. The predicted octanol–water partition coefficient (Wildman–Crippen LogP) is 0.574. The van der Waals surface area contributed by atoms with Crippen LogP contribution in [0, 0.1) is 12.8 Å². The normalized spacial score (nSPS) is 18.4. The Balaban J connectivity index is 2.21. The van der Waals surface area contributed by atoms with Crippen LogP contribution in [-0.4, -0.2) is 32.4 Å². The third kappa shape index (κ3) is 1.98. The van der Waals surface area contributed by atoms with Crippen molar-refractivity contribution in [3.05, 3.63) is 29.8 Å². The van der Waals surface area contributed by atoms with E-state index in [1.165, 1.54) is 4.31 Å². The first-order valence-corrected chi connectivity index (χ1v) is 6.75. The largest absolute Gasteiger partial charge is 0.330 e. The van der Waals surface area contributed by atoms with Crippen molar-refractivity contribution in [1.29, 1.82) is 0 Å². The van der Waals surface area contributed by atoms with Crippen molar-refractivity contribution >= 4 is 10.0 Å². The fraction of sp³-hybridized carbons (Fsp3) is 0.455. The maximum absolute atomic E-state index is 12.1. The molecule has 1 fully saturated rings. The Morgan fingerprint density at radius 1 is 1.44 bits per heavy atom. The molecule has 0 unspecified atom stereocenters. The average Bonchev–Trinajstić information content (AvgIpc) is 2.15. The molecule has 0 atom stereocenters. The van der Waals surface area contributed by atoms with Gasteiger partial charge in [-0.1, -0.05) is 12.1 Å². The highest BCUT2D eigenvalue weighted by molar-refractivity contribution is 7.89. The Morgan fingerprint density at radius 3 is 2.69 bits per heavy atom. The number of nitrogens with zero attached hydrogens (tertiary/aromatic N) is 1. The molecule has 0 amide bonds. The summed E-state index contributed by atoms with van der Waals surface area (Å²) >= 11 is 0. The summed E-state index contributed by atoms with van der Waals surface area (Å²) in [4.78, 5) is 0.378. The standard InChI is InChI=1S/C11H16N2O2S/c1-9-3-2-4-11(5-9)16(14,15)13-7-10(6-12)8-13/h2-5,10H,6-8,12H2,1H3. The molecule has 5 heteroatoms. The summed E-state index contributed by atoms with van der Waals surface area (Å²) in [5, 5.41) is 0. The molecule has 2 rings (SSSR count). The molecule has 16 heavy (non-hydrogen) atoms. The minimum absolute atomic E-state index is 0.319. The third-order valence-corrected chi connectivity index (χ3v) is 4.71. The van der Waals surface area contributed by atoms with Crippen LogP contribution in [0.5, 0.6) is 0 Å². The van der Waals surface area contributed by atoms with Gasteiger partial charge in [0.05, 0.1) is 4.90 Å². The summed E-state index contributed by atoms with van der Waals surface area (Å²) < 4.78 is 25.7. The number of hydrogen-bond donors (Lipinski definition) is 1.